The van der Waals surface area contributed by atoms with Crippen molar-refractivity contribution in [1.82, 2.24) is 4.98 Å². The standard InChI is InChI=1S/C17H21NO2S/c1-10(2)11-6-8-12(9-7-11)15-18-14(17(3,4)5)13(21-15)16(19)20/h6-10H,1-5H3,(H,19,20). The van der Waals surface area contributed by atoms with Crippen molar-refractivity contribution in [2.75, 3.05) is 0 Å². The molecule has 3 nitrogen and oxygen atoms in total. The van der Waals surface area contributed by atoms with Crippen LogP contribution in [-0.4, -0.2) is 16.1 Å². The first-order chi connectivity index (χ1) is 9.70. The number of hydrogen-bond donors (Lipinski definition) is 1. The van der Waals surface area contributed by atoms with E-state index in [4.69, 9.17) is 0 Å². The van der Waals surface area contributed by atoms with Gasteiger partial charge in [-0.05, 0) is 11.5 Å². The second-order valence-electron chi connectivity index (χ2n) is 6.53. The lowest BCUT2D eigenvalue weighted by Crippen LogP contribution is -2.16. The van der Waals surface area contributed by atoms with Crippen LogP contribution in [0.15, 0.2) is 24.3 Å². The van der Waals surface area contributed by atoms with Crippen LogP contribution in [0, 0.1) is 0 Å². The van der Waals surface area contributed by atoms with E-state index in [2.05, 4.69) is 31.0 Å². The molecule has 2 rings (SSSR count). The van der Waals surface area contributed by atoms with E-state index in [1.54, 1.807) is 0 Å². The third-order valence-corrected chi connectivity index (χ3v) is 4.45. The fraction of sp³-hybridized carbons (Fsp3) is 0.412. The lowest BCUT2D eigenvalue weighted by atomic mass is 9.91. The second-order valence-corrected chi connectivity index (χ2v) is 7.53. The molecule has 2 aromatic rings. The first-order valence-corrected chi connectivity index (χ1v) is 7.86. The van der Waals surface area contributed by atoms with Crippen LogP contribution in [0.5, 0.6) is 0 Å². The minimum atomic E-state index is -0.900. The fourth-order valence-corrected chi connectivity index (χ4v) is 3.23. The maximum absolute atomic E-state index is 11.4. The van der Waals surface area contributed by atoms with Gasteiger partial charge in [-0.2, -0.15) is 0 Å². The molecule has 0 fully saturated rings. The number of aromatic nitrogens is 1. The molecule has 0 bridgehead atoms. The summed E-state index contributed by atoms with van der Waals surface area (Å²) in [4.78, 5) is 16.4. The predicted molar refractivity (Wildman–Crippen MR) is 87.3 cm³/mol. The zero-order valence-corrected chi connectivity index (χ0v) is 13.9. The van der Waals surface area contributed by atoms with Gasteiger partial charge in [-0.1, -0.05) is 58.9 Å². The van der Waals surface area contributed by atoms with Gasteiger partial charge in [-0.25, -0.2) is 9.78 Å². The number of carboxylic acids is 1. The van der Waals surface area contributed by atoms with E-state index >= 15 is 0 Å². The Morgan fingerprint density at radius 3 is 2.14 bits per heavy atom. The minimum absolute atomic E-state index is 0.277. The molecule has 112 valence electrons. The zero-order valence-electron chi connectivity index (χ0n) is 13.1. The van der Waals surface area contributed by atoms with Crippen LogP contribution < -0.4 is 0 Å². The van der Waals surface area contributed by atoms with Crippen LogP contribution in [0.4, 0.5) is 0 Å². The number of aromatic carboxylic acids is 1. The number of benzene rings is 1. The molecule has 1 aromatic carbocycles. The average molecular weight is 303 g/mol. The fourth-order valence-electron chi connectivity index (χ4n) is 2.11. The van der Waals surface area contributed by atoms with Gasteiger partial charge >= 0.3 is 5.97 Å². The summed E-state index contributed by atoms with van der Waals surface area (Å²) < 4.78 is 0. The monoisotopic (exact) mass is 303 g/mol. The Kier molecular flexibility index (Phi) is 4.19. The normalized spacial score (nSPS) is 11.9. The summed E-state index contributed by atoms with van der Waals surface area (Å²) in [5, 5.41) is 10.1. The summed E-state index contributed by atoms with van der Waals surface area (Å²) in [5.41, 5.74) is 2.62. The number of thiazole rings is 1. The van der Waals surface area contributed by atoms with Crippen molar-refractivity contribution in [3.8, 4) is 10.6 Å². The predicted octanol–water partition coefficient (Wildman–Crippen LogP) is 4.93. The first-order valence-electron chi connectivity index (χ1n) is 7.05. The molecular formula is C17H21NO2S. The number of carbonyl (C=O) groups is 1. The third-order valence-electron chi connectivity index (χ3n) is 3.36. The molecule has 0 saturated heterocycles. The molecule has 1 heterocycles. The highest BCUT2D eigenvalue weighted by molar-refractivity contribution is 7.17. The van der Waals surface area contributed by atoms with Gasteiger partial charge in [-0.3, -0.25) is 0 Å². The molecule has 0 atom stereocenters. The molecule has 0 spiro atoms. The first kappa shape index (κ1) is 15.7. The molecule has 1 aromatic heterocycles. The Hall–Kier alpha value is -1.68. The van der Waals surface area contributed by atoms with Crippen LogP contribution in [0.3, 0.4) is 0 Å². The Morgan fingerprint density at radius 2 is 1.76 bits per heavy atom. The van der Waals surface area contributed by atoms with E-state index < -0.39 is 5.97 Å². The van der Waals surface area contributed by atoms with E-state index in [-0.39, 0.29) is 5.41 Å². The molecule has 0 radical (unpaired) electrons. The van der Waals surface area contributed by atoms with Gasteiger partial charge in [0.1, 0.15) is 9.88 Å². The van der Waals surface area contributed by atoms with Gasteiger partial charge in [0.05, 0.1) is 5.69 Å². The van der Waals surface area contributed by atoms with Gasteiger partial charge in [0.15, 0.2) is 0 Å². The summed E-state index contributed by atoms with van der Waals surface area (Å²) in [6, 6.07) is 8.20. The topological polar surface area (TPSA) is 50.2 Å². The molecular weight excluding hydrogens is 282 g/mol. The zero-order chi connectivity index (χ0) is 15.8. The number of rotatable bonds is 3. The highest BCUT2D eigenvalue weighted by Gasteiger charge is 2.27. The van der Waals surface area contributed by atoms with Crippen LogP contribution in [0.2, 0.25) is 0 Å². The Balaban J connectivity index is 2.47. The molecule has 1 N–H and O–H groups in total. The molecule has 0 aliphatic rings. The van der Waals surface area contributed by atoms with Gasteiger partial charge in [0.25, 0.3) is 0 Å². The van der Waals surface area contributed by atoms with Crippen LogP contribution >= 0.6 is 11.3 Å². The van der Waals surface area contributed by atoms with E-state index in [1.807, 2.05) is 32.9 Å². The molecule has 0 aliphatic heterocycles. The number of hydrogen-bond acceptors (Lipinski definition) is 3. The van der Waals surface area contributed by atoms with Crippen molar-refractivity contribution >= 4 is 17.3 Å². The SMILES string of the molecule is CC(C)c1ccc(-c2nc(C(C)(C)C)c(C(=O)O)s2)cc1. The van der Waals surface area contributed by atoms with E-state index in [1.165, 1.54) is 16.9 Å². The highest BCUT2D eigenvalue weighted by Crippen LogP contribution is 2.34. The van der Waals surface area contributed by atoms with Crippen molar-refractivity contribution in [3.05, 3.63) is 40.4 Å². The average Bonchev–Trinajstić information content (AvgIpc) is 2.84. The van der Waals surface area contributed by atoms with Crippen LogP contribution in [-0.2, 0) is 5.41 Å². The van der Waals surface area contributed by atoms with Crippen molar-refractivity contribution in [2.24, 2.45) is 0 Å². The lowest BCUT2D eigenvalue weighted by Gasteiger charge is -2.16. The van der Waals surface area contributed by atoms with Crippen LogP contribution in [0.25, 0.3) is 10.6 Å². The summed E-state index contributed by atoms with van der Waals surface area (Å²) in [6.45, 7) is 10.3. The van der Waals surface area contributed by atoms with Crippen molar-refractivity contribution in [3.63, 3.8) is 0 Å². The summed E-state index contributed by atoms with van der Waals surface area (Å²) in [7, 11) is 0. The maximum atomic E-state index is 11.4. The van der Waals surface area contributed by atoms with Gasteiger partial charge < -0.3 is 5.11 Å². The smallest absolute Gasteiger partial charge is 0.347 e. The second kappa shape index (κ2) is 5.60. The lowest BCUT2D eigenvalue weighted by molar-refractivity contribution is 0.0699. The maximum Gasteiger partial charge on any atom is 0.347 e. The summed E-state index contributed by atoms with van der Waals surface area (Å²) >= 11 is 1.25. The van der Waals surface area contributed by atoms with Gasteiger partial charge in [0, 0.05) is 11.0 Å². The summed E-state index contributed by atoms with van der Waals surface area (Å²) in [6.07, 6.45) is 0. The summed E-state index contributed by atoms with van der Waals surface area (Å²) in [5.74, 6) is -0.419. The largest absolute Gasteiger partial charge is 0.477 e. The van der Waals surface area contributed by atoms with E-state index in [0.29, 0.717) is 16.5 Å². The Labute approximate surface area is 129 Å². The van der Waals surface area contributed by atoms with Crippen molar-refractivity contribution in [2.45, 2.75) is 46.0 Å². The minimum Gasteiger partial charge on any atom is -0.477 e. The third kappa shape index (κ3) is 3.32. The molecule has 0 unspecified atom stereocenters. The molecule has 0 amide bonds. The van der Waals surface area contributed by atoms with Crippen molar-refractivity contribution < 1.29 is 9.90 Å². The molecule has 0 saturated carbocycles. The van der Waals surface area contributed by atoms with Gasteiger partial charge in [0.2, 0.25) is 0 Å². The highest BCUT2D eigenvalue weighted by atomic mass is 32.1. The van der Waals surface area contributed by atoms with E-state index in [0.717, 1.165) is 10.6 Å². The van der Waals surface area contributed by atoms with Crippen LogP contribution in [0.1, 0.15) is 61.5 Å². The Morgan fingerprint density at radius 1 is 1.19 bits per heavy atom. The number of carboxylic acid groups (broad SMARTS) is 1. The molecule has 21 heavy (non-hydrogen) atoms. The van der Waals surface area contributed by atoms with E-state index in [9.17, 15) is 9.90 Å². The quantitative estimate of drug-likeness (QED) is 0.874. The molecule has 0 aliphatic carbocycles. The van der Waals surface area contributed by atoms with Crippen molar-refractivity contribution in [1.29, 1.82) is 0 Å². The number of nitrogens with zero attached hydrogens (tertiary/aromatic N) is 1. The molecule has 4 heteroatoms. The Bertz CT molecular complexity index is 648. The van der Waals surface area contributed by atoms with Gasteiger partial charge in [-0.15, -0.1) is 11.3 Å².